The number of phenolic OH excluding ortho intramolecular Hbond substituents is 1. The summed E-state index contributed by atoms with van der Waals surface area (Å²) >= 11 is 0. The number of phenols is 1. The summed E-state index contributed by atoms with van der Waals surface area (Å²) in [5.74, 6) is -1.10. The van der Waals surface area contributed by atoms with Crippen molar-refractivity contribution in [1.29, 1.82) is 5.26 Å². The Morgan fingerprint density at radius 1 is 1.56 bits per heavy atom. The fourth-order valence-corrected chi connectivity index (χ4v) is 1.69. The molecular weight excluding hydrogens is 235 g/mol. The number of sulfonamides is 1. The Balaban J connectivity index is 3.07. The molecule has 7 heteroatoms. The number of hydrogen-bond acceptors (Lipinski definition) is 4. The summed E-state index contributed by atoms with van der Waals surface area (Å²) in [5.41, 5.74) is -0.290. The number of nitriles is 1. The molecule has 0 aliphatic rings. The van der Waals surface area contributed by atoms with Crippen molar-refractivity contribution in [3.05, 3.63) is 24.0 Å². The summed E-state index contributed by atoms with van der Waals surface area (Å²) < 4.78 is 37.6. The molecular formula is C9H9FN2O3S. The molecule has 0 aromatic heterocycles. The third-order valence-electron chi connectivity index (χ3n) is 1.86. The fourth-order valence-electron chi connectivity index (χ4n) is 0.901. The number of rotatable bonds is 3. The molecule has 86 valence electrons. The smallest absolute Gasteiger partial charge is 0.248 e. The van der Waals surface area contributed by atoms with Crippen LogP contribution in [0.4, 0.5) is 10.1 Å². The normalized spacial score (nSPS) is 12.8. The highest BCUT2D eigenvalue weighted by Gasteiger charge is 2.21. The molecule has 0 aliphatic heterocycles. The maximum atomic E-state index is 12.8. The number of halogens is 1. The van der Waals surface area contributed by atoms with E-state index in [1.165, 1.54) is 13.0 Å². The zero-order chi connectivity index (χ0) is 12.3. The minimum atomic E-state index is -3.94. The summed E-state index contributed by atoms with van der Waals surface area (Å²) in [5, 5.41) is 16.4. The lowest BCUT2D eigenvalue weighted by atomic mass is 10.3. The minimum Gasteiger partial charge on any atom is -0.506 e. The minimum absolute atomic E-state index is 0.290. The third-order valence-corrected chi connectivity index (χ3v) is 3.40. The van der Waals surface area contributed by atoms with Gasteiger partial charge in [0, 0.05) is 6.07 Å². The molecule has 0 fully saturated rings. The summed E-state index contributed by atoms with van der Waals surface area (Å²) in [4.78, 5) is 0. The van der Waals surface area contributed by atoms with E-state index in [4.69, 9.17) is 5.26 Å². The van der Waals surface area contributed by atoms with Crippen LogP contribution < -0.4 is 4.72 Å². The predicted octanol–water partition coefficient (Wildman–Crippen LogP) is 1.19. The van der Waals surface area contributed by atoms with E-state index in [0.29, 0.717) is 0 Å². The van der Waals surface area contributed by atoms with Gasteiger partial charge >= 0.3 is 0 Å². The Kier molecular flexibility index (Phi) is 3.34. The van der Waals surface area contributed by atoms with Gasteiger partial charge in [0.1, 0.15) is 11.6 Å². The SMILES string of the molecule is CC(C#N)S(=O)(=O)Nc1cc(F)ccc1O. The van der Waals surface area contributed by atoms with Crippen LogP contribution in [0.25, 0.3) is 0 Å². The van der Waals surface area contributed by atoms with Crippen molar-refractivity contribution in [3.63, 3.8) is 0 Å². The lowest BCUT2D eigenvalue weighted by Crippen LogP contribution is -2.23. The predicted molar refractivity (Wildman–Crippen MR) is 55.7 cm³/mol. The Morgan fingerprint density at radius 2 is 2.19 bits per heavy atom. The van der Waals surface area contributed by atoms with Gasteiger partial charge in [0.15, 0.2) is 5.25 Å². The highest BCUT2D eigenvalue weighted by Crippen LogP contribution is 2.25. The van der Waals surface area contributed by atoms with Crippen molar-refractivity contribution in [2.75, 3.05) is 4.72 Å². The Morgan fingerprint density at radius 3 is 2.75 bits per heavy atom. The van der Waals surface area contributed by atoms with Crippen LogP contribution in [0.15, 0.2) is 18.2 Å². The summed E-state index contributed by atoms with van der Waals surface area (Å²) in [6.07, 6.45) is 0. The molecule has 0 bridgehead atoms. The highest BCUT2D eigenvalue weighted by molar-refractivity contribution is 7.93. The second-order valence-corrected chi connectivity index (χ2v) is 5.08. The largest absolute Gasteiger partial charge is 0.506 e. The maximum Gasteiger partial charge on any atom is 0.248 e. The van der Waals surface area contributed by atoms with Crippen molar-refractivity contribution in [1.82, 2.24) is 0 Å². The van der Waals surface area contributed by atoms with E-state index < -0.39 is 26.8 Å². The van der Waals surface area contributed by atoms with Crippen LogP contribution in [-0.2, 0) is 10.0 Å². The van der Waals surface area contributed by atoms with Crippen LogP contribution in [0, 0.1) is 17.1 Å². The van der Waals surface area contributed by atoms with E-state index >= 15 is 0 Å². The Labute approximate surface area is 92.2 Å². The van der Waals surface area contributed by atoms with E-state index in [-0.39, 0.29) is 5.69 Å². The highest BCUT2D eigenvalue weighted by atomic mass is 32.2. The average molecular weight is 244 g/mol. The van der Waals surface area contributed by atoms with Crippen molar-refractivity contribution in [2.24, 2.45) is 0 Å². The molecule has 1 aromatic carbocycles. The van der Waals surface area contributed by atoms with Crippen molar-refractivity contribution in [3.8, 4) is 11.8 Å². The molecule has 0 saturated heterocycles. The first kappa shape index (κ1) is 12.3. The van der Waals surface area contributed by atoms with Gasteiger partial charge in [0.2, 0.25) is 10.0 Å². The van der Waals surface area contributed by atoms with Crippen LogP contribution >= 0.6 is 0 Å². The lowest BCUT2D eigenvalue weighted by Gasteiger charge is -2.10. The van der Waals surface area contributed by atoms with Gasteiger partial charge in [-0.3, -0.25) is 4.72 Å². The van der Waals surface area contributed by atoms with Crippen LogP contribution in [-0.4, -0.2) is 18.8 Å². The molecule has 0 saturated carbocycles. The molecule has 0 aliphatic carbocycles. The first-order valence-electron chi connectivity index (χ1n) is 4.26. The Hall–Kier alpha value is -1.81. The molecule has 0 amide bonds. The topological polar surface area (TPSA) is 90.2 Å². The molecule has 2 N–H and O–H groups in total. The van der Waals surface area contributed by atoms with Gasteiger partial charge in [-0.2, -0.15) is 5.26 Å². The molecule has 0 spiro atoms. The van der Waals surface area contributed by atoms with Gasteiger partial charge in [0.25, 0.3) is 0 Å². The summed E-state index contributed by atoms with van der Waals surface area (Å²) in [7, 11) is -3.94. The van der Waals surface area contributed by atoms with Crippen molar-refractivity contribution < 1.29 is 17.9 Å². The van der Waals surface area contributed by atoms with Gasteiger partial charge in [-0.1, -0.05) is 0 Å². The maximum absolute atomic E-state index is 12.8. The molecule has 0 heterocycles. The number of benzene rings is 1. The quantitative estimate of drug-likeness (QED) is 0.781. The first-order valence-corrected chi connectivity index (χ1v) is 5.81. The second-order valence-electron chi connectivity index (χ2n) is 3.08. The standard InChI is InChI=1S/C9H9FN2O3S/c1-6(5-11)16(14,15)12-8-4-7(10)2-3-9(8)13/h2-4,6,12-13H,1H3. The fraction of sp³-hybridized carbons (Fsp3) is 0.222. The first-order chi connectivity index (χ1) is 7.36. The molecule has 16 heavy (non-hydrogen) atoms. The molecule has 1 aromatic rings. The van der Waals surface area contributed by atoms with Crippen LogP contribution in [0.3, 0.4) is 0 Å². The Bertz CT molecular complexity index is 536. The van der Waals surface area contributed by atoms with E-state index in [1.54, 1.807) is 0 Å². The lowest BCUT2D eigenvalue weighted by molar-refractivity contribution is 0.475. The van der Waals surface area contributed by atoms with Gasteiger partial charge < -0.3 is 5.11 Å². The number of hydrogen-bond donors (Lipinski definition) is 2. The van der Waals surface area contributed by atoms with Crippen LogP contribution in [0.5, 0.6) is 5.75 Å². The van der Waals surface area contributed by atoms with E-state index in [1.807, 2.05) is 4.72 Å². The third kappa shape index (κ3) is 2.61. The summed E-state index contributed by atoms with van der Waals surface area (Å²) in [6, 6.07) is 4.37. The average Bonchev–Trinajstić information content (AvgIpc) is 2.22. The molecule has 1 unspecified atom stereocenters. The van der Waals surface area contributed by atoms with Crippen molar-refractivity contribution in [2.45, 2.75) is 12.2 Å². The molecule has 5 nitrogen and oxygen atoms in total. The molecule has 1 atom stereocenters. The number of anilines is 1. The van der Waals surface area contributed by atoms with Crippen molar-refractivity contribution >= 4 is 15.7 Å². The van der Waals surface area contributed by atoms with Crippen LogP contribution in [0.1, 0.15) is 6.92 Å². The second kappa shape index (κ2) is 4.37. The van der Waals surface area contributed by atoms with E-state index in [9.17, 15) is 17.9 Å². The van der Waals surface area contributed by atoms with Gasteiger partial charge in [-0.05, 0) is 19.1 Å². The van der Waals surface area contributed by atoms with Gasteiger partial charge in [-0.25, -0.2) is 12.8 Å². The van der Waals surface area contributed by atoms with E-state index in [2.05, 4.69) is 0 Å². The zero-order valence-electron chi connectivity index (χ0n) is 8.31. The van der Waals surface area contributed by atoms with Crippen LogP contribution in [0.2, 0.25) is 0 Å². The molecule has 1 rings (SSSR count). The monoisotopic (exact) mass is 244 g/mol. The van der Waals surface area contributed by atoms with Gasteiger partial charge in [-0.15, -0.1) is 0 Å². The number of nitrogens with zero attached hydrogens (tertiary/aromatic N) is 1. The number of aromatic hydroxyl groups is 1. The van der Waals surface area contributed by atoms with E-state index in [0.717, 1.165) is 18.2 Å². The summed E-state index contributed by atoms with van der Waals surface area (Å²) in [6.45, 7) is 1.18. The number of nitrogens with one attached hydrogen (secondary N) is 1. The zero-order valence-corrected chi connectivity index (χ0v) is 9.12. The molecule has 0 radical (unpaired) electrons. The van der Waals surface area contributed by atoms with Gasteiger partial charge in [0.05, 0.1) is 11.8 Å².